The summed E-state index contributed by atoms with van der Waals surface area (Å²) in [5.41, 5.74) is 1.34. The summed E-state index contributed by atoms with van der Waals surface area (Å²) >= 11 is 0. The van der Waals surface area contributed by atoms with Crippen LogP contribution in [-0.2, 0) is 4.74 Å². The molecule has 0 unspecified atom stereocenters. The predicted molar refractivity (Wildman–Crippen MR) is 86.4 cm³/mol. The zero-order chi connectivity index (χ0) is 15.4. The average molecular weight is 304 g/mol. The molecule has 2 heteroatoms. The minimum atomic E-state index is 0.164. The highest BCUT2D eigenvalue weighted by Crippen LogP contribution is 2.77. The fourth-order valence-electron chi connectivity index (χ4n) is 8.46. The molecule has 1 saturated heterocycles. The Morgan fingerprint density at radius 1 is 1.00 bits per heavy atom. The molecule has 5 rings (SSSR count). The van der Waals surface area contributed by atoms with E-state index in [1.807, 2.05) is 0 Å². The fourth-order valence-corrected chi connectivity index (χ4v) is 8.46. The molecule has 4 aliphatic carbocycles. The van der Waals surface area contributed by atoms with E-state index in [4.69, 9.17) is 4.74 Å². The van der Waals surface area contributed by atoms with E-state index in [9.17, 15) is 5.11 Å². The normalized spacial score (nSPS) is 65.5. The second-order valence-electron chi connectivity index (χ2n) is 10.2. The Hall–Kier alpha value is -0.0800. The minimum Gasteiger partial charge on any atom is -0.396 e. The summed E-state index contributed by atoms with van der Waals surface area (Å²) in [6.45, 7) is 7.74. The summed E-state index contributed by atoms with van der Waals surface area (Å²) in [5, 5.41) is 10.1. The van der Waals surface area contributed by atoms with Gasteiger partial charge in [0.2, 0.25) is 0 Å². The van der Waals surface area contributed by atoms with Crippen LogP contribution in [-0.4, -0.2) is 23.4 Å². The van der Waals surface area contributed by atoms with Crippen LogP contribution >= 0.6 is 0 Å². The second-order valence-corrected chi connectivity index (χ2v) is 10.2. The molecule has 0 radical (unpaired) electrons. The maximum absolute atomic E-state index is 10.1. The first-order valence-corrected chi connectivity index (χ1v) is 9.68. The first-order chi connectivity index (χ1) is 10.4. The van der Waals surface area contributed by atoms with Crippen molar-refractivity contribution in [3.63, 3.8) is 0 Å². The van der Waals surface area contributed by atoms with Crippen LogP contribution in [0.3, 0.4) is 0 Å². The van der Waals surface area contributed by atoms with E-state index in [1.54, 1.807) is 0 Å². The van der Waals surface area contributed by atoms with Gasteiger partial charge in [0.25, 0.3) is 0 Å². The van der Waals surface area contributed by atoms with Crippen molar-refractivity contribution in [3.05, 3.63) is 0 Å². The Labute approximate surface area is 135 Å². The van der Waals surface area contributed by atoms with Crippen molar-refractivity contribution in [2.24, 2.45) is 34.0 Å². The number of epoxide rings is 1. The molecule has 1 spiro atoms. The van der Waals surface area contributed by atoms with Gasteiger partial charge in [0, 0.05) is 12.0 Å². The van der Waals surface area contributed by atoms with Crippen LogP contribution in [0.1, 0.15) is 72.1 Å². The first-order valence-electron chi connectivity index (χ1n) is 9.68. The lowest BCUT2D eigenvalue weighted by Gasteiger charge is -2.64. The number of hydrogen-bond acceptors (Lipinski definition) is 2. The van der Waals surface area contributed by atoms with Gasteiger partial charge in [0.1, 0.15) is 0 Å². The van der Waals surface area contributed by atoms with Crippen LogP contribution in [0.2, 0.25) is 0 Å². The van der Waals surface area contributed by atoms with Gasteiger partial charge in [-0.2, -0.15) is 0 Å². The monoisotopic (exact) mass is 304 g/mol. The molecular formula is C20H32O2. The summed E-state index contributed by atoms with van der Waals surface area (Å²) in [4.78, 5) is 0. The molecule has 0 aromatic carbocycles. The zero-order valence-electron chi connectivity index (χ0n) is 14.5. The molecule has 2 bridgehead atoms. The molecule has 1 N–H and O–H groups in total. The van der Waals surface area contributed by atoms with Crippen LogP contribution in [0.15, 0.2) is 0 Å². The third-order valence-corrected chi connectivity index (χ3v) is 9.45. The van der Waals surface area contributed by atoms with Crippen LogP contribution in [0.4, 0.5) is 0 Å². The van der Waals surface area contributed by atoms with Gasteiger partial charge in [0.15, 0.2) is 0 Å². The maximum atomic E-state index is 10.1. The average Bonchev–Trinajstić information content (AvgIpc) is 3.17. The van der Waals surface area contributed by atoms with Gasteiger partial charge < -0.3 is 9.84 Å². The molecule has 8 atom stereocenters. The van der Waals surface area contributed by atoms with E-state index in [0.29, 0.717) is 23.5 Å². The SMILES string of the molecule is C[C@@]1(CO)CCC[C@]2(C)[C@@H]1CC[C@@]13C[C@@H](CC[C@@H]21)[C@]1(C)O[C@H]31. The lowest BCUT2D eigenvalue weighted by atomic mass is 9.41. The van der Waals surface area contributed by atoms with E-state index >= 15 is 0 Å². The van der Waals surface area contributed by atoms with Crippen molar-refractivity contribution in [3.8, 4) is 0 Å². The van der Waals surface area contributed by atoms with Gasteiger partial charge in [-0.3, -0.25) is 0 Å². The Bertz CT molecular complexity index is 518. The van der Waals surface area contributed by atoms with Gasteiger partial charge in [-0.05, 0) is 80.5 Å². The van der Waals surface area contributed by atoms with Crippen molar-refractivity contribution in [1.29, 1.82) is 0 Å². The highest BCUT2D eigenvalue weighted by Gasteiger charge is 2.78. The number of rotatable bonds is 1. The smallest absolute Gasteiger partial charge is 0.0954 e. The fraction of sp³-hybridized carbons (Fsp3) is 1.00. The molecule has 22 heavy (non-hydrogen) atoms. The van der Waals surface area contributed by atoms with Crippen molar-refractivity contribution in [2.75, 3.05) is 6.61 Å². The molecule has 5 fully saturated rings. The van der Waals surface area contributed by atoms with Crippen molar-refractivity contribution < 1.29 is 9.84 Å². The molecule has 0 amide bonds. The summed E-state index contributed by atoms with van der Waals surface area (Å²) in [5.74, 6) is 2.40. The van der Waals surface area contributed by atoms with E-state index in [1.165, 1.54) is 51.4 Å². The molecule has 2 nitrogen and oxygen atoms in total. The Kier molecular flexibility index (Phi) is 2.56. The lowest BCUT2D eigenvalue weighted by molar-refractivity contribution is -0.174. The van der Waals surface area contributed by atoms with Crippen LogP contribution in [0.5, 0.6) is 0 Å². The third-order valence-electron chi connectivity index (χ3n) is 9.45. The topological polar surface area (TPSA) is 32.8 Å². The maximum Gasteiger partial charge on any atom is 0.0954 e. The summed E-state index contributed by atoms with van der Waals surface area (Å²) in [6.07, 6.45) is 11.4. The van der Waals surface area contributed by atoms with E-state index in [0.717, 1.165) is 17.8 Å². The standard InChI is InChI=1S/C20H32O2/c1-17(12-21)8-4-9-18(2)14(17)7-10-20-11-13(5-6-15(18)20)19(3)16(20)22-19/h13-16,21H,4-12H2,1-3H3/t13-,14-,15+,16+,17+,18-,19+,20-/m1/s1. The quantitative estimate of drug-likeness (QED) is 0.738. The van der Waals surface area contributed by atoms with E-state index in [-0.39, 0.29) is 11.0 Å². The van der Waals surface area contributed by atoms with Crippen molar-refractivity contribution in [1.82, 2.24) is 0 Å². The molecular weight excluding hydrogens is 272 g/mol. The van der Waals surface area contributed by atoms with Gasteiger partial charge >= 0.3 is 0 Å². The highest BCUT2D eigenvalue weighted by atomic mass is 16.6. The second kappa shape index (κ2) is 3.94. The summed E-state index contributed by atoms with van der Waals surface area (Å²) < 4.78 is 6.32. The molecule has 1 heterocycles. The largest absolute Gasteiger partial charge is 0.396 e. The summed E-state index contributed by atoms with van der Waals surface area (Å²) in [6, 6.07) is 0. The van der Waals surface area contributed by atoms with Crippen molar-refractivity contribution >= 4 is 0 Å². The Morgan fingerprint density at radius 2 is 1.82 bits per heavy atom. The highest BCUT2D eigenvalue weighted by molar-refractivity contribution is 5.26. The molecule has 5 aliphatic rings. The van der Waals surface area contributed by atoms with Crippen LogP contribution < -0.4 is 0 Å². The van der Waals surface area contributed by atoms with Crippen LogP contribution in [0.25, 0.3) is 0 Å². The van der Waals surface area contributed by atoms with Crippen LogP contribution in [0, 0.1) is 34.0 Å². The molecule has 1 aliphatic heterocycles. The van der Waals surface area contributed by atoms with Gasteiger partial charge in [-0.15, -0.1) is 0 Å². The molecule has 0 aromatic heterocycles. The number of hydrogen-bond donors (Lipinski definition) is 1. The molecule has 4 saturated carbocycles. The number of ether oxygens (including phenoxy) is 1. The first kappa shape index (κ1) is 14.3. The number of aliphatic hydroxyl groups excluding tert-OH is 1. The van der Waals surface area contributed by atoms with E-state index < -0.39 is 0 Å². The third kappa shape index (κ3) is 1.38. The van der Waals surface area contributed by atoms with Gasteiger partial charge in [0.05, 0.1) is 11.7 Å². The minimum absolute atomic E-state index is 0.164. The van der Waals surface area contributed by atoms with Gasteiger partial charge in [-0.1, -0.05) is 20.3 Å². The summed E-state index contributed by atoms with van der Waals surface area (Å²) in [7, 11) is 0. The predicted octanol–water partition coefficient (Wildman–Crippen LogP) is 4.16. The Morgan fingerprint density at radius 3 is 2.59 bits per heavy atom. The lowest BCUT2D eigenvalue weighted by Crippen LogP contribution is -2.58. The number of fused-ring (bicyclic) bond motifs is 5. The zero-order valence-corrected chi connectivity index (χ0v) is 14.5. The van der Waals surface area contributed by atoms with E-state index in [2.05, 4.69) is 20.8 Å². The van der Waals surface area contributed by atoms with Gasteiger partial charge in [-0.25, -0.2) is 0 Å². The Balaban J connectivity index is 1.57. The van der Waals surface area contributed by atoms with Crippen molar-refractivity contribution in [2.45, 2.75) is 83.8 Å². The number of aliphatic hydroxyl groups is 1. The molecule has 124 valence electrons. The molecule has 0 aromatic rings.